The lowest BCUT2D eigenvalue weighted by molar-refractivity contribution is -0.167. The molecule has 67 heavy (non-hydrogen) atoms. The normalized spacial score (nSPS) is 12.0. The van der Waals surface area contributed by atoms with E-state index in [1.807, 2.05) is 0 Å². The van der Waals surface area contributed by atoms with Crippen molar-refractivity contribution in [1.29, 1.82) is 0 Å². The largest absolute Gasteiger partial charge is 0.462 e. The zero-order chi connectivity index (χ0) is 48.8. The lowest BCUT2D eigenvalue weighted by Gasteiger charge is -2.18. The number of rotatable bonds is 56. The molecule has 0 aromatic heterocycles. The van der Waals surface area contributed by atoms with Crippen LogP contribution in [0.2, 0.25) is 0 Å². The van der Waals surface area contributed by atoms with Crippen molar-refractivity contribution < 1.29 is 28.6 Å². The van der Waals surface area contributed by atoms with Gasteiger partial charge in [-0.1, -0.05) is 310 Å². The van der Waals surface area contributed by atoms with Crippen LogP contribution >= 0.6 is 0 Å². The van der Waals surface area contributed by atoms with E-state index in [1.165, 1.54) is 244 Å². The van der Waals surface area contributed by atoms with E-state index in [-0.39, 0.29) is 31.1 Å². The van der Waals surface area contributed by atoms with Crippen molar-refractivity contribution >= 4 is 17.9 Å². The Morgan fingerprint density at radius 1 is 0.284 bits per heavy atom. The summed E-state index contributed by atoms with van der Waals surface area (Å²) in [4.78, 5) is 38.2. The molecule has 6 heteroatoms. The fourth-order valence-electron chi connectivity index (χ4n) is 9.46. The van der Waals surface area contributed by atoms with Crippen molar-refractivity contribution in [3.8, 4) is 0 Å². The van der Waals surface area contributed by atoms with Crippen LogP contribution in [0.4, 0.5) is 0 Å². The van der Waals surface area contributed by atoms with Crippen LogP contribution in [0.1, 0.15) is 349 Å². The zero-order valence-corrected chi connectivity index (χ0v) is 45.9. The predicted molar refractivity (Wildman–Crippen MR) is 289 cm³/mol. The Morgan fingerprint density at radius 2 is 0.493 bits per heavy atom. The van der Waals surface area contributed by atoms with Gasteiger partial charge in [-0.25, -0.2) is 0 Å². The van der Waals surface area contributed by atoms with E-state index in [0.717, 1.165) is 63.7 Å². The number of hydrogen-bond donors (Lipinski definition) is 0. The van der Waals surface area contributed by atoms with Crippen molar-refractivity contribution in [2.75, 3.05) is 13.2 Å². The van der Waals surface area contributed by atoms with Gasteiger partial charge in [0.1, 0.15) is 13.2 Å². The molecule has 0 aromatic rings. The molecule has 0 saturated carbocycles. The van der Waals surface area contributed by atoms with E-state index >= 15 is 0 Å². The SMILES string of the molecule is CCCCCCCCCCCCCCCCCCCC(=O)OC[C@H](COC(=O)CCCCCCCCCCCCCCCC(C)C)OC(=O)CCCCCCCCCCCCCCCCCC. The van der Waals surface area contributed by atoms with Crippen LogP contribution in [0.15, 0.2) is 0 Å². The molecule has 0 aliphatic carbocycles. The van der Waals surface area contributed by atoms with Gasteiger partial charge in [-0.2, -0.15) is 0 Å². The predicted octanol–water partition coefficient (Wildman–Crippen LogP) is 20.2. The number of esters is 3. The highest BCUT2D eigenvalue weighted by Gasteiger charge is 2.19. The minimum atomic E-state index is -0.762. The Kier molecular flexibility index (Phi) is 54.0. The van der Waals surface area contributed by atoms with Crippen LogP contribution in [-0.2, 0) is 28.6 Å². The summed E-state index contributed by atoms with van der Waals surface area (Å²) in [6.07, 6.45) is 60.9. The quantitative estimate of drug-likeness (QED) is 0.0343. The maximum absolute atomic E-state index is 12.9. The summed E-state index contributed by atoms with van der Waals surface area (Å²) in [5.74, 6) is 0.00875. The summed E-state index contributed by atoms with van der Waals surface area (Å²) < 4.78 is 16.9. The molecule has 0 radical (unpaired) electrons. The lowest BCUT2D eigenvalue weighted by Crippen LogP contribution is -2.30. The molecule has 0 rings (SSSR count). The van der Waals surface area contributed by atoms with Crippen LogP contribution in [-0.4, -0.2) is 37.2 Å². The lowest BCUT2D eigenvalue weighted by atomic mass is 10.0. The Hall–Kier alpha value is -1.59. The van der Waals surface area contributed by atoms with E-state index < -0.39 is 6.10 Å². The smallest absolute Gasteiger partial charge is 0.306 e. The fourth-order valence-corrected chi connectivity index (χ4v) is 9.46. The molecule has 0 amide bonds. The number of ether oxygens (including phenoxy) is 3. The van der Waals surface area contributed by atoms with Gasteiger partial charge in [0.15, 0.2) is 6.10 Å². The molecule has 0 unspecified atom stereocenters. The van der Waals surface area contributed by atoms with Crippen molar-refractivity contribution in [2.45, 2.75) is 355 Å². The standard InChI is InChI=1S/C61H118O6/c1-5-7-9-11-13-15-17-19-21-23-25-28-32-36-40-44-48-52-59(62)65-55-58(67-61(64)54-50-46-42-38-34-29-24-22-20-18-16-14-12-10-8-6-2)56-66-60(63)53-49-45-41-37-33-30-26-27-31-35-39-43-47-51-57(3)4/h57-58H,5-56H2,1-4H3/t58-/m1/s1. The van der Waals surface area contributed by atoms with Gasteiger partial charge in [0.05, 0.1) is 0 Å². The zero-order valence-electron chi connectivity index (χ0n) is 45.9. The molecule has 1 atom stereocenters. The summed E-state index contributed by atoms with van der Waals surface area (Å²) in [6.45, 7) is 9.08. The van der Waals surface area contributed by atoms with Crippen molar-refractivity contribution in [2.24, 2.45) is 5.92 Å². The van der Waals surface area contributed by atoms with Crippen molar-refractivity contribution in [1.82, 2.24) is 0 Å². The van der Waals surface area contributed by atoms with Gasteiger partial charge in [-0.15, -0.1) is 0 Å². The first-order chi connectivity index (χ1) is 32.9. The average molecular weight is 948 g/mol. The van der Waals surface area contributed by atoms with Gasteiger partial charge in [-0.3, -0.25) is 14.4 Å². The average Bonchev–Trinajstić information content (AvgIpc) is 3.31. The van der Waals surface area contributed by atoms with Crippen LogP contribution in [0.25, 0.3) is 0 Å². The van der Waals surface area contributed by atoms with Gasteiger partial charge in [0.2, 0.25) is 0 Å². The Balaban J connectivity index is 4.29. The third-order valence-corrected chi connectivity index (χ3v) is 14.0. The minimum Gasteiger partial charge on any atom is -0.462 e. The first kappa shape index (κ1) is 65.4. The molecule has 0 bridgehead atoms. The van der Waals surface area contributed by atoms with E-state index in [1.54, 1.807) is 0 Å². The van der Waals surface area contributed by atoms with Crippen LogP contribution in [0.3, 0.4) is 0 Å². The Morgan fingerprint density at radius 3 is 0.731 bits per heavy atom. The van der Waals surface area contributed by atoms with Crippen LogP contribution in [0, 0.1) is 5.92 Å². The van der Waals surface area contributed by atoms with Crippen LogP contribution < -0.4 is 0 Å². The third kappa shape index (κ3) is 55.2. The first-order valence-electron chi connectivity index (χ1n) is 30.4. The monoisotopic (exact) mass is 947 g/mol. The highest BCUT2D eigenvalue weighted by Crippen LogP contribution is 2.18. The third-order valence-electron chi connectivity index (χ3n) is 14.0. The van der Waals surface area contributed by atoms with Gasteiger partial charge in [0.25, 0.3) is 0 Å². The summed E-state index contributed by atoms with van der Waals surface area (Å²) >= 11 is 0. The maximum Gasteiger partial charge on any atom is 0.306 e. The van der Waals surface area contributed by atoms with Gasteiger partial charge < -0.3 is 14.2 Å². The summed E-state index contributed by atoms with van der Waals surface area (Å²) in [6, 6.07) is 0. The highest BCUT2D eigenvalue weighted by atomic mass is 16.6. The van der Waals surface area contributed by atoms with Crippen molar-refractivity contribution in [3.63, 3.8) is 0 Å². The maximum atomic E-state index is 12.9. The highest BCUT2D eigenvalue weighted by molar-refractivity contribution is 5.71. The van der Waals surface area contributed by atoms with Crippen LogP contribution in [0.5, 0.6) is 0 Å². The molecule has 0 aromatic carbocycles. The molecule has 0 aliphatic rings. The Labute approximate surface area is 418 Å². The minimum absolute atomic E-state index is 0.0614. The molecule has 0 N–H and O–H groups in total. The van der Waals surface area contributed by atoms with E-state index in [2.05, 4.69) is 27.7 Å². The molecule has 398 valence electrons. The van der Waals surface area contributed by atoms with Gasteiger partial charge in [0, 0.05) is 19.3 Å². The summed E-state index contributed by atoms with van der Waals surface area (Å²) in [7, 11) is 0. The van der Waals surface area contributed by atoms with E-state index in [4.69, 9.17) is 14.2 Å². The van der Waals surface area contributed by atoms with E-state index in [9.17, 15) is 14.4 Å². The molecule has 0 fully saturated rings. The first-order valence-corrected chi connectivity index (χ1v) is 30.4. The number of carbonyl (C=O) groups excluding carboxylic acids is 3. The second kappa shape index (κ2) is 55.3. The van der Waals surface area contributed by atoms with Gasteiger partial charge >= 0.3 is 17.9 Å². The van der Waals surface area contributed by atoms with Crippen molar-refractivity contribution in [3.05, 3.63) is 0 Å². The van der Waals surface area contributed by atoms with E-state index in [0.29, 0.717) is 19.3 Å². The molecule has 0 aliphatic heterocycles. The molecular weight excluding hydrogens is 829 g/mol. The molecular formula is C61H118O6. The second-order valence-electron chi connectivity index (χ2n) is 21.5. The fraction of sp³-hybridized carbons (Fsp3) is 0.951. The van der Waals surface area contributed by atoms with Gasteiger partial charge in [-0.05, 0) is 25.2 Å². The number of hydrogen-bond acceptors (Lipinski definition) is 6. The summed E-state index contributed by atoms with van der Waals surface area (Å²) in [5, 5.41) is 0. The molecule has 0 heterocycles. The Bertz CT molecular complexity index is 1010. The topological polar surface area (TPSA) is 78.9 Å². The second-order valence-corrected chi connectivity index (χ2v) is 21.5. The number of carbonyl (C=O) groups is 3. The summed E-state index contributed by atoms with van der Waals surface area (Å²) in [5.41, 5.74) is 0. The molecule has 0 spiro atoms. The number of unbranched alkanes of at least 4 members (excludes halogenated alkanes) is 43. The molecule has 6 nitrogen and oxygen atoms in total. The molecule has 0 saturated heterocycles.